The van der Waals surface area contributed by atoms with Crippen molar-refractivity contribution in [1.82, 2.24) is 0 Å². The molecule has 5 heteroatoms. The monoisotopic (exact) mass is 276 g/mol. The first-order valence-corrected chi connectivity index (χ1v) is 6.03. The van der Waals surface area contributed by atoms with E-state index in [0.717, 1.165) is 18.8 Å². The van der Waals surface area contributed by atoms with E-state index in [4.69, 9.17) is 5.73 Å². The quantitative estimate of drug-likeness (QED) is 0.840. The summed E-state index contributed by atoms with van der Waals surface area (Å²) in [6.45, 7) is 5.41. The minimum atomic E-state index is -0.474. The van der Waals surface area contributed by atoms with Gasteiger partial charge < -0.3 is 15.7 Å². The van der Waals surface area contributed by atoms with Crippen LogP contribution in [0.2, 0.25) is 0 Å². The van der Waals surface area contributed by atoms with Gasteiger partial charge in [0, 0.05) is 36.4 Å². The molecule has 0 aliphatic rings. The molecule has 0 amide bonds. The van der Waals surface area contributed by atoms with Crippen LogP contribution in [0.4, 0.5) is 10.1 Å². The van der Waals surface area contributed by atoms with Crippen LogP contribution in [-0.4, -0.2) is 24.9 Å². The first-order chi connectivity index (χ1) is 8.13. The van der Waals surface area contributed by atoms with Crippen molar-refractivity contribution in [2.24, 2.45) is 5.73 Å². The smallest absolute Gasteiger partial charge is 0.122 e. The fraction of sp³-hybridized carbons (Fsp3) is 0.538. The molecule has 0 aliphatic heterocycles. The van der Waals surface area contributed by atoms with Crippen molar-refractivity contribution in [3.8, 4) is 5.75 Å². The van der Waals surface area contributed by atoms with E-state index in [1.165, 1.54) is 0 Å². The third-order valence-corrected chi connectivity index (χ3v) is 2.96. The van der Waals surface area contributed by atoms with Gasteiger partial charge in [0.2, 0.25) is 0 Å². The van der Waals surface area contributed by atoms with Crippen LogP contribution in [-0.2, 0) is 0 Å². The van der Waals surface area contributed by atoms with Crippen molar-refractivity contribution in [2.45, 2.75) is 26.3 Å². The van der Waals surface area contributed by atoms with Crippen LogP contribution in [0.3, 0.4) is 0 Å². The predicted molar refractivity (Wildman–Crippen MR) is 76.4 cm³/mol. The number of alkyl halides is 1. The summed E-state index contributed by atoms with van der Waals surface area (Å²) in [6, 6.07) is 4.95. The van der Waals surface area contributed by atoms with Gasteiger partial charge in [0.15, 0.2) is 0 Å². The highest BCUT2D eigenvalue weighted by Gasteiger charge is 2.12. The molecule has 1 atom stereocenters. The van der Waals surface area contributed by atoms with Crippen molar-refractivity contribution in [1.29, 1.82) is 0 Å². The van der Waals surface area contributed by atoms with E-state index in [0.29, 0.717) is 5.56 Å². The molecular weight excluding hydrogens is 255 g/mol. The summed E-state index contributed by atoms with van der Waals surface area (Å²) in [5.74, 6) is 0.148. The van der Waals surface area contributed by atoms with Crippen molar-refractivity contribution in [3.63, 3.8) is 0 Å². The van der Waals surface area contributed by atoms with E-state index in [9.17, 15) is 9.50 Å². The topological polar surface area (TPSA) is 49.5 Å². The highest BCUT2D eigenvalue weighted by Crippen LogP contribution is 2.29. The Morgan fingerprint density at radius 2 is 1.94 bits per heavy atom. The van der Waals surface area contributed by atoms with E-state index in [-0.39, 0.29) is 24.6 Å². The Balaban J connectivity index is 0.00000289. The van der Waals surface area contributed by atoms with Gasteiger partial charge in [-0.15, -0.1) is 12.4 Å². The number of anilines is 1. The number of hydrogen-bond acceptors (Lipinski definition) is 3. The maximum atomic E-state index is 12.2. The molecule has 0 aromatic heterocycles. The molecule has 1 rings (SSSR count). The predicted octanol–water partition coefficient (Wildman–Crippen LogP) is 3.02. The van der Waals surface area contributed by atoms with Gasteiger partial charge in [0.05, 0.1) is 6.67 Å². The van der Waals surface area contributed by atoms with E-state index >= 15 is 0 Å². The summed E-state index contributed by atoms with van der Waals surface area (Å²) in [7, 11) is 0. The van der Waals surface area contributed by atoms with E-state index in [1.807, 2.05) is 6.07 Å². The largest absolute Gasteiger partial charge is 0.508 e. The summed E-state index contributed by atoms with van der Waals surface area (Å²) < 4.78 is 12.2. The zero-order valence-corrected chi connectivity index (χ0v) is 11.7. The molecule has 3 nitrogen and oxygen atoms in total. The molecule has 0 unspecified atom stereocenters. The van der Waals surface area contributed by atoms with Gasteiger partial charge in [-0.3, -0.25) is 4.39 Å². The molecular formula is C13H22ClFN2O. The van der Waals surface area contributed by atoms with Crippen LogP contribution in [0.5, 0.6) is 5.75 Å². The number of nitrogens with two attached hydrogens (primary N) is 1. The average molecular weight is 277 g/mol. The number of phenols is 1. The third kappa shape index (κ3) is 4.03. The summed E-state index contributed by atoms with van der Waals surface area (Å²) in [5.41, 5.74) is 7.36. The van der Waals surface area contributed by atoms with Crippen LogP contribution in [0, 0.1) is 0 Å². The number of aromatic hydroxyl groups is 1. The van der Waals surface area contributed by atoms with Crippen molar-refractivity contribution >= 4 is 18.1 Å². The molecule has 1 aromatic carbocycles. The average Bonchev–Trinajstić information content (AvgIpc) is 2.31. The molecule has 0 bridgehead atoms. The molecule has 0 spiro atoms. The van der Waals surface area contributed by atoms with Crippen molar-refractivity contribution < 1.29 is 9.50 Å². The zero-order chi connectivity index (χ0) is 12.8. The van der Waals surface area contributed by atoms with Gasteiger partial charge in [-0.25, -0.2) is 0 Å². The van der Waals surface area contributed by atoms with E-state index in [2.05, 4.69) is 18.7 Å². The number of hydrogen-bond donors (Lipinski definition) is 2. The molecule has 0 aliphatic carbocycles. The van der Waals surface area contributed by atoms with Crippen LogP contribution < -0.4 is 10.6 Å². The van der Waals surface area contributed by atoms with Crippen LogP contribution in [0.25, 0.3) is 0 Å². The Morgan fingerprint density at radius 1 is 1.33 bits per heavy atom. The Kier molecular flexibility index (Phi) is 7.71. The molecule has 3 N–H and O–H groups in total. The van der Waals surface area contributed by atoms with Gasteiger partial charge in [-0.1, -0.05) is 6.07 Å². The Bertz CT molecular complexity index is 359. The molecule has 1 aromatic rings. The highest BCUT2D eigenvalue weighted by molar-refractivity contribution is 5.85. The molecule has 104 valence electrons. The van der Waals surface area contributed by atoms with Gasteiger partial charge >= 0.3 is 0 Å². The first kappa shape index (κ1) is 17.0. The number of halogens is 2. The lowest BCUT2D eigenvalue weighted by atomic mass is 10.0. The van der Waals surface area contributed by atoms with Crippen LogP contribution in [0.15, 0.2) is 18.2 Å². The van der Waals surface area contributed by atoms with Crippen molar-refractivity contribution in [2.75, 3.05) is 24.7 Å². The van der Waals surface area contributed by atoms with Crippen molar-refractivity contribution in [3.05, 3.63) is 23.8 Å². The summed E-state index contributed by atoms with van der Waals surface area (Å²) in [4.78, 5) is 2.13. The Hall–Kier alpha value is -1.00. The summed E-state index contributed by atoms with van der Waals surface area (Å²) in [5, 5.41) is 9.90. The lowest BCUT2D eigenvalue weighted by Gasteiger charge is -2.22. The highest BCUT2D eigenvalue weighted by atomic mass is 35.5. The normalized spacial score (nSPS) is 11.8. The van der Waals surface area contributed by atoms with E-state index in [1.54, 1.807) is 12.1 Å². The number of phenolic OH excluding ortho intramolecular Hbond substituents is 1. The van der Waals surface area contributed by atoms with E-state index < -0.39 is 12.7 Å². The van der Waals surface area contributed by atoms with Crippen LogP contribution in [0.1, 0.15) is 31.9 Å². The lowest BCUT2D eigenvalue weighted by molar-refractivity contribution is 0.424. The molecule has 0 radical (unpaired) electrons. The van der Waals surface area contributed by atoms with Gasteiger partial charge in [-0.2, -0.15) is 0 Å². The van der Waals surface area contributed by atoms with Gasteiger partial charge in [-0.05, 0) is 26.3 Å². The second kappa shape index (κ2) is 8.16. The second-order valence-electron chi connectivity index (χ2n) is 4.00. The van der Waals surface area contributed by atoms with Gasteiger partial charge in [0.25, 0.3) is 0 Å². The second-order valence-corrected chi connectivity index (χ2v) is 4.00. The minimum absolute atomic E-state index is 0. The first-order valence-electron chi connectivity index (χ1n) is 6.03. The number of rotatable bonds is 6. The molecule has 18 heavy (non-hydrogen) atoms. The Labute approximate surface area is 114 Å². The lowest BCUT2D eigenvalue weighted by Crippen LogP contribution is -2.21. The van der Waals surface area contributed by atoms with Crippen LogP contribution >= 0.6 is 12.4 Å². The number of nitrogens with zero attached hydrogens (tertiary/aromatic N) is 1. The fourth-order valence-electron chi connectivity index (χ4n) is 1.90. The number of benzene rings is 1. The molecule has 0 heterocycles. The fourth-order valence-corrected chi connectivity index (χ4v) is 1.90. The summed E-state index contributed by atoms with van der Waals surface area (Å²) in [6.07, 6.45) is 0.234. The summed E-state index contributed by atoms with van der Waals surface area (Å²) >= 11 is 0. The molecule has 0 saturated heterocycles. The maximum absolute atomic E-state index is 12.2. The Morgan fingerprint density at radius 3 is 2.39 bits per heavy atom. The molecule has 0 fully saturated rings. The standard InChI is InChI=1S/C13H21FN2O.ClH/c1-3-16(4-2)10-5-6-11(13(17)9-10)12(15)7-8-14;/h5-6,9,12,17H,3-4,7-8,15H2,1-2H3;1H/t12-;/m0./s1. The maximum Gasteiger partial charge on any atom is 0.122 e. The van der Waals surface area contributed by atoms with Gasteiger partial charge in [0.1, 0.15) is 5.75 Å². The minimum Gasteiger partial charge on any atom is -0.508 e. The zero-order valence-electron chi connectivity index (χ0n) is 10.9. The SMILES string of the molecule is CCN(CC)c1ccc([C@@H](N)CCF)c(O)c1.Cl. The third-order valence-electron chi connectivity index (χ3n) is 2.96. The molecule has 0 saturated carbocycles.